The SMILES string of the molecule is CN(C)c1cccc2c(S(=O)(=O)N(C)CCN)cccc12. The van der Waals surface area contributed by atoms with Gasteiger partial charge in [-0.05, 0) is 12.1 Å². The fraction of sp³-hybridized carbons (Fsp3) is 0.333. The molecule has 0 bridgehead atoms. The number of likely N-dealkylation sites (N-methyl/N-ethyl adjacent to an activating group) is 1. The minimum absolute atomic E-state index is 0.295. The van der Waals surface area contributed by atoms with Gasteiger partial charge in [0.1, 0.15) is 0 Å². The van der Waals surface area contributed by atoms with E-state index in [0.717, 1.165) is 16.5 Å². The Hall–Kier alpha value is -1.63. The largest absolute Gasteiger partial charge is 0.377 e. The molecule has 5 nitrogen and oxygen atoms in total. The molecule has 0 amide bonds. The van der Waals surface area contributed by atoms with Crippen LogP contribution in [0.15, 0.2) is 41.3 Å². The molecule has 0 heterocycles. The van der Waals surface area contributed by atoms with Gasteiger partial charge in [0, 0.05) is 50.7 Å². The molecule has 2 rings (SSSR count). The molecule has 0 atom stereocenters. The van der Waals surface area contributed by atoms with Crippen molar-refractivity contribution in [3.8, 4) is 0 Å². The number of anilines is 1. The third kappa shape index (κ3) is 2.88. The zero-order chi connectivity index (χ0) is 15.6. The fourth-order valence-corrected chi connectivity index (χ4v) is 3.74. The predicted octanol–water partition coefficient (Wildman–Crippen LogP) is 1.48. The van der Waals surface area contributed by atoms with Crippen LogP contribution in [0.2, 0.25) is 0 Å². The third-order valence-corrected chi connectivity index (χ3v) is 5.39. The molecule has 0 aliphatic heterocycles. The van der Waals surface area contributed by atoms with E-state index in [-0.39, 0.29) is 0 Å². The molecule has 21 heavy (non-hydrogen) atoms. The summed E-state index contributed by atoms with van der Waals surface area (Å²) in [5.41, 5.74) is 6.46. The Morgan fingerprint density at radius 1 is 1.00 bits per heavy atom. The molecule has 0 aliphatic carbocycles. The molecule has 0 aromatic heterocycles. The van der Waals surface area contributed by atoms with E-state index in [1.54, 1.807) is 19.2 Å². The Bertz CT molecular complexity index is 742. The van der Waals surface area contributed by atoms with Gasteiger partial charge in [-0.3, -0.25) is 0 Å². The van der Waals surface area contributed by atoms with Crippen LogP contribution in [0.25, 0.3) is 10.8 Å². The van der Waals surface area contributed by atoms with E-state index in [0.29, 0.717) is 18.0 Å². The van der Waals surface area contributed by atoms with Gasteiger partial charge in [0.25, 0.3) is 0 Å². The second kappa shape index (κ2) is 6.01. The standard InChI is InChI=1S/C15H21N3O2S/c1-17(2)14-8-4-7-13-12(14)6-5-9-15(13)21(19,20)18(3)11-10-16/h4-9H,10-11,16H2,1-3H3. The number of hydrogen-bond acceptors (Lipinski definition) is 4. The normalized spacial score (nSPS) is 12.0. The lowest BCUT2D eigenvalue weighted by atomic mass is 10.1. The van der Waals surface area contributed by atoms with E-state index in [1.165, 1.54) is 4.31 Å². The molecule has 0 spiro atoms. The van der Waals surface area contributed by atoms with E-state index >= 15 is 0 Å². The number of benzene rings is 2. The monoisotopic (exact) mass is 307 g/mol. The van der Waals surface area contributed by atoms with Crippen LogP contribution >= 0.6 is 0 Å². The molecule has 0 fully saturated rings. The summed E-state index contributed by atoms with van der Waals surface area (Å²) in [5.74, 6) is 0. The molecule has 6 heteroatoms. The van der Waals surface area contributed by atoms with Crippen LogP contribution in [0.5, 0.6) is 0 Å². The summed E-state index contributed by atoms with van der Waals surface area (Å²) in [6, 6.07) is 11.0. The second-order valence-electron chi connectivity index (χ2n) is 5.14. The Morgan fingerprint density at radius 3 is 2.24 bits per heavy atom. The van der Waals surface area contributed by atoms with Crippen LogP contribution in [0, 0.1) is 0 Å². The maximum Gasteiger partial charge on any atom is 0.243 e. The average molecular weight is 307 g/mol. The smallest absolute Gasteiger partial charge is 0.243 e. The highest BCUT2D eigenvalue weighted by molar-refractivity contribution is 7.89. The minimum atomic E-state index is -3.54. The molecule has 0 saturated heterocycles. The number of hydrogen-bond donors (Lipinski definition) is 1. The topological polar surface area (TPSA) is 66.6 Å². The second-order valence-corrected chi connectivity index (χ2v) is 7.15. The molecule has 2 aromatic carbocycles. The maximum atomic E-state index is 12.7. The van der Waals surface area contributed by atoms with Crippen LogP contribution in [-0.4, -0.2) is 47.0 Å². The first-order chi connectivity index (χ1) is 9.89. The van der Waals surface area contributed by atoms with E-state index < -0.39 is 10.0 Å². The summed E-state index contributed by atoms with van der Waals surface area (Å²) in [5, 5.41) is 1.65. The number of sulfonamides is 1. The van der Waals surface area contributed by atoms with E-state index in [2.05, 4.69) is 0 Å². The number of nitrogens with two attached hydrogens (primary N) is 1. The predicted molar refractivity (Wildman–Crippen MR) is 87.1 cm³/mol. The van der Waals surface area contributed by atoms with Gasteiger partial charge in [0.05, 0.1) is 4.90 Å². The molecular weight excluding hydrogens is 286 g/mol. The summed E-state index contributed by atoms with van der Waals surface area (Å²) in [6.45, 7) is 0.593. The first-order valence-electron chi connectivity index (χ1n) is 6.75. The Kier molecular flexibility index (Phi) is 4.51. The maximum absolute atomic E-state index is 12.7. The minimum Gasteiger partial charge on any atom is -0.377 e. The van der Waals surface area contributed by atoms with Gasteiger partial charge >= 0.3 is 0 Å². The third-order valence-electron chi connectivity index (χ3n) is 3.47. The molecule has 0 unspecified atom stereocenters. The number of fused-ring (bicyclic) bond motifs is 1. The van der Waals surface area contributed by atoms with Gasteiger partial charge in [-0.25, -0.2) is 8.42 Å². The molecule has 2 N–H and O–H groups in total. The zero-order valence-electron chi connectivity index (χ0n) is 12.6. The van der Waals surface area contributed by atoms with E-state index in [1.807, 2.05) is 43.3 Å². The van der Waals surface area contributed by atoms with Crippen molar-refractivity contribution in [2.24, 2.45) is 5.73 Å². The van der Waals surface area contributed by atoms with E-state index in [9.17, 15) is 8.42 Å². The highest BCUT2D eigenvalue weighted by atomic mass is 32.2. The Balaban J connectivity index is 2.69. The lowest BCUT2D eigenvalue weighted by Gasteiger charge is -2.20. The highest BCUT2D eigenvalue weighted by Gasteiger charge is 2.22. The average Bonchev–Trinajstić information content (AvgIpc) is 2.45. The van der Waals surface area contributed by atoms with Crippen molar-refractivity contribution in [1.29, 1.82) is 0 Å². The van der Waals surface area contributed by atoms with Crippen molar-refractivity contribution in [3.63, 3.8) is 0 Å². The summed E-state index contributed by atoms with van der Waals surface area (Å²) in [6.07, 6.45) is 0. The van der Waals surface area contributed by atoms with Crippen LogP contribution in [0.3, 0.4) is 0 Å². The first kappa shape index (κ1) is 15.8. The molecule has 0 aliphatic rings. The lowest BCUT2D eigenvalue weighted by Crippen LogP contribution is -2.31. The number of nitrogens with zero attached hydrogens (tertiary/aromatic N) is 2. The summed E-state index contributed by atoms with van der Waals surface area (Å²) in [4.78, 5) is 2.29. The van der Waals surface area contributed by atoms with Crippen molar-refractivity contribution in [3.05, 3.63) is 36.4 Å². The van der Waals surface area contributed by atoms with Crippen molar-refractivity contribution in [1.82, 2.24) is 4.31 Å². The number of rotatable bonds is 5. The summed E-state index contributed by atoms with van der Waals surface area (Å²) < 4.78 is 26.6. The van der Waals surface area contributed by atoms with Crippen molar-refractivity contribution >= 4 is 26.5 Å². The fourth-order valence-electron chi connectivity index (χ4n) is 2.35. The van der Waals surface area contributed by atoms with Crippen molar-refractivity contribution in [2.45, 2.75) is 4.90 Å². The van der Waals surface area contributed by atoms with Crippen molar-refractivity contribution in [2.75, 3.05) is 39.1 Å². The Labute approximate surface area is 126 Å². The van der Waals surface area contributed by atoms with Crippen LogP contribution in [-0.2, 0) is 10.0 Å². The Morgan fingerprint density at radius 2 is 1.62 bits per heavy atom. The quantitative estimate of drug-likeness (QED) is 0.909. The van der Waals surface area contributed by atoms with Gasteiger partial charge in [0.2, 0.25) is 10.0 Å². The van der Waals surface area contributed by atoms with Crippen LogP contribution < -0.4 is 10.6 Å². The van der Waals surface area contributed by atoms with Gasteiger partial charge in [-0.2, -0.15) is 4.31 Å². The highest BCUT2D eigenvalue weighted by Crippen LogP contribution is 2.31. The molecule has 114 valence electrons. The summed E-state index contributed by atoms with van der Waals surface area (Å²) in [7, 11) is 1.90. The van der Waals surface area contributed by atoms with Crippen LogP contribution in [0.4, 0.5) is 5.69 Å². The molecule has 0 saturated carbocycles. The van der Waals surface area contributed by atoms with Gasteiger partial charge in [-0.1, -0.05) is 24.3 Å². The summed E-state index contributed by atoms with van der Waals surface area (Å²) >= 11 is 0. The van der Waals surface area contributed by atoms with E-state index in [4.69, 9.17) is 5.73 Å². The lowest BCUT2D eigenvalue weighted by molar-refractivity contribution is 0.477. The van der Waals surface area contributed by atoms with Gasteiger partial charge in [0.15, 0.2) is 0 Å². The molecular formula is C15H21N3O2S. The van der Waals surface area contributed by atoms with Crippen LogP contribution in [0.1, 0.15) is 0 Å². The molecule has 2 aromatic rings. The van der Waals surface area contributed by atoms with Gasteiger partial charge < -0.3 is 10.6 Å². The van der Waals surface area contributed by atoms with Crippen molar-refractivity contribution < 1.29 is 8.42 Å². The molecule has 0 radical (unpaired) electrons. The zero-order valence-corrected chi connectivity index (χ0v) is 13.4. The van der Waals surface area contributed by atoms with Gasteiger partial charge in [-0.15, -0.1) is 0 Å². The first-order valence-corrected chi connectivity index (χ1v) is 8.19.